The van der Waals surface area contributed by atoms with Gasteiger partial charge < -0.3 is 5.11 Å². The summed E-state index contributed by atoms with van der Waals surface area (Å²) in [6.07, 6.45) is 1.92. The summed E-state index contributed by atoms with van der Waals surface area (Å²) in [7, 11) is -4.49. The predicted molar refractivity (Wildman–Crippen MR) is 52.1 cm³/mol. The quantitative estimate of drug-likeness (QED) is 0.517. The Labute approximate surface area is 105 Å². The summed E-state index contributed by atoms with van der Waals surface area (Å²) in [6, 6.07) is 0. The number of hydrogen-bond donors (Lipinski definition) is 2. The van der Waals surface area contributed by atoms with Crippen molar-refractivity contribution in [3.05, 3.63) is 0 Å². The van der Waals surface area contributed by atoms with Gasteiger partial charge in [0.15, 0.2) is 4.75 Å². The van der Waals surface area contributed by atoms with Crippen LogP contribution in [0.15, 0.2) is 0 Å². The molecule has 5 nitrogen and oxygen atoms in total. The van der Waals surface area contributed by atoms with E-state index in [0.29, 0.717) is 12.8 Å². The molecule has 78 valence electrons. The topological polar surface area (TPSA) is 91.7 Å². The maximum absolute atomic E-state index is 10.9. The summed E-state index contributed by atoms with van der Waals surface area (Å²) in [5, 5.41) is 8.79. The zero-order chi connectivity index (χ0) is 10.1. The average molecular weight is 232 g/mol. The van der Waals surface area contributed by atoms with Crippen LogP contribution in [0.25, 0.3) is 0 Å². The van der Waals surface area contributed by atoms with Crippen molar-refractivity contribution < 1.29 is 22.9 Å². The van der Waals surface area contributed by atoms with Crippen LogP contribution >= 0.6 is 0 Å². The van der Waals surface area contributed by atoms with Crippen molar-refractivity contribution in [2.24, 2.45) is 0 Å². The number of hydrogen-bond acceptors (Lipinski definition) is 3. The van der Waals surface area contributed by atoms with Crippen molar-refractivity contribution in [1.82, 2.24) is 0 Å². The van der Waals surface area contributed by atoms with Gasteiger partial charge in [0.25, 0.3) is 10.1 Å². The van der Waals surface area contributed by atoms with Crippen LogP contribution in [-0.4, -0.2) is 58.4 Å². The van der Waals surface area contributed by atoms with Gasteiger partial charge in [-0.3, -0.25) is 9.35 Å². The zero-order valence-corrected chi connectivity index (χ0v) is 7.88. The fourth-order valence-corrected chi connectivity index (χ4v) is 2.73. The van der Waals surface area contributed by atoms with Gasteiger partial charge in [-0.05, 0) is 12.8 Å². The van der Waals surface area contributed by atoms with Gasteiger partial charge in [-0.25, -0.2) is 0 Å². The molecular formula is C7H13NaO5S. The van der Waals surface area contributed by atoms with Crippen LogP contribution in [-0.2, 0) is 14.9 Å². The van der Waals surface area contributed by atoms with Crippen molar-refractivity contribution in [3.63, 3.8) is 0 Å². The van der Waals surface area contributed by atoms with Gasteiger partial charge in [-0.15, -0.1) is 0 Å². The van der Waals surface area contributed by atoms with E-state index in [1.165, 1.54) is 0 Å². The Balaban J connectivity index is 0.00000169. The molecule has 2 N–H and O–H groups in total. The van der Waals surface area contributed by atoms with Gasteiger partial charge in [-0.1, -0.05) is 19.3 Å². The van der Waals surface area contributed by atoms with Crippen LogP contribution in [0, 0.1) is 0 Å². The van der Waals surface area contributed by atoms with Crippen LogP contribution in [0.3, 0.4) is 0 Å². The van der Waals surface area contributed by atoms with E-state index in [0.717, 1.165) is 6.42 Å². The van der Waals surface area contributed by atoms with Crippen molar-refractivity contribution in [3.8, 4) is 0 Å². The molecule has 0 amide bonds. The molecule has 0 saturated heterocycles. The van der Waals surface area contributed by atoms with E-state index in [-0.39, 0.29) is 42.4 Å². The van der Waals surface area contributed by atoms with Gasteiger partial charge in [0.05, 0.1) is 0 Å². The maximum atomic E-state index is 10.9. The molecule has 1 aliphatic carbocycles. The fourth-order valence-electron chi connectivity index (χ4n) is 1.71. The average Bonchev–Trinajstić information content (AvgIpc) is 2.03. The number of rotatable bonds is 2. The molecule has 0 aliphatic heterocycles. The number of carboxylic acids is 1. The molecule has 14 heavy (non-hydrogen) atoms. The van der Waals surface area contributed by atoms with E-state index in [4.69, 9.17) is 9.66 Å². The second-order valence-corrected chi connectivity index (χ2v) is 5.07. The minimum atomic E-state index is -4.49. The third kappa shape index (κ3) is 2.49. The van der Waals surface area contributed by atoms with Gasteiger partial charge >= 0.3 is 35.5 Å². The number of aliphatic carboxylic acids is 1. The number of carbonyl (C=O) groups is 1. The molecule has 1 rings (SSSR count). The molecule has 1 saturated carbocycles. The minimum absolute atomic E-state index is 0. The molecule has 1 fully saturated rings. The van der Waals surface area contributed by atoms with E-state index in [1.54, 1.807) is 0 Å². The molecule has 0 unspecified atom stereocenters. The van der Waals surface area contributed by atoms with Crippen LogP contribution in [0.4, 0.5) is 0 Å². The summed E-state index contributed by atoms with van der Waals surface area (Å²) >= 11 is 0. The van der Waals surface area contributed by atoms with Crippen molar-refractivity contribution >= 4 is 45.6 Å². The van der Waals surface area contributed by atoms with Crippen LogP contribution in [0.2, 0.25) is 0 Å². The Hall–Kier alpha value is 0.380. The van der Waals surface area contributed by atoms with Gasteiger partial charge in [0.1, 0.15) is 0 Å². The first-order chi connectivity index (χ1) is 5.90. The molecular weight excluding hydrogens is 219 g/mol. The van der Waals surface area contributed by atoms with Crippen LogP contribution in [0.5, 0.6) is 0 Å². The van der Waals surface area contributed by atoms with Crippen LogP contribution in [0.1, 0.15) is 32.1 Å². The van der Waals surface area contributed by atoms with E-state index < -0.39 is 20.8 Å². The van der Waals surface area contributed by atoms with Crippen molar-refractivity contribution in [1.29, 1.82) is 0 Å². The summed E-state index contributed by atoms with van der Waals surface area (Å²) in [5.74, 6) is -1.44. The monoisotopic (exact) mass is 232 g/mol. The number of carboxylic acid groups (broad SMARTS) is 1. The standard InChI is InChI=1S/C7H12O5S.Na.H/c8-6(9)7(13(10,11)12)4-2-1-3-5-7;;/h1-5H2,(H,8,9)(H,10,11,12);;. The molecule has 0 atom stereocenters. The third-order valence-corrected chi connectivity index (χ3v) is 4.12. The molecule has 0 aromatic carbocycles. The van der Waals surface area contributed by atoms with E-state index >= 15 is 0 Å². The second kappa shape index (κ2) is 4.94. The zero-order valence-electron chi connectivity index (χ0n) is 7.06. The third-order valence-electron chi connectivity index (χ3n) is 2.54. The van der Waals surface area contributed by atoms with Gasteiger partial charge in [-0.2, -0.15) is 8.42 Å². The molecule has 0 aromatic rings. The van der Waals surface area contributed by atoms with E-state index in [1.807, 2.05) is 0 Å². The Bertz CT molecular complexity index is 304. The SMILES string of the molecule is O=C(O)C1(S(=O)(=O)O)CCCCC1.[NaH]. The Morgan fingerprint density at radius 2 is 1.57 bits per heavy atom. The van der Waals surface area contributed by atoms with Crippen LogP contribution < -0.4 is 0 Å². The summed E-state index contributed by atoms with van der Waals surface area (Å²) in [5.41, 5.74) is 0. The molecule has 7 heteroatoms. The molecule has 0 heterocycles. The van der Waals surface area contributed by atoms with E-state index in [9.17, 15) is 13.2 Å². The Kier molecular flexibility index (Phi) is 5.07. The van der Waals surface area contributed by atoms with Crippen molar-refractivity contribution in [2.45, 2.75) is 36.9 Å². The fraction of sp³-hybridized carbons (Fsp3) is 0.857. The summed E-state index contributed by atoms with van der Waals surface area (Å²) in [4.78, 5) is 10.8. The Morgan fingerprint density at radius 1 is 1.14 bits per heavy atom. The molecule has 0 spiro atoms. The van der Waals surface area contributed by atoms with Gasteiger partial charge in [0, 0.05) is 0 Å². The Morgan fingerprint density at radius 3 is 1.79 bits per heavy atom. The molecule has 1 aliphatic rings. The molecule has 0 aromatic heterocycles. The second-order valence-electron chi connectivity index (χ2n) is 3.34. The first-order valence-corrected chi connectivity index (χ1v) is 5.54. The summed E-state index contributed by atoms with van der Waals surface area (Å²) < 4.78 is 28.8. The van der Waals surface area contributed by atoms with E-state index in [2.05, 4.69) is 0 Å². The molecule has 0 bridgehead atoms. The molecule has 0 radical (unpaired) electrons. The normalized spacial score (nSPS) is 20.9. The predicted octanol–water partition coefficient (Wildman–Crippen LogP) is 0.0132. The summed E-state index contributed by atoms with van der Waals surface area (Å²) in [6.45, 7) is 0. The van der Waals surface area contributed by atoms with Crippen molar-refractivity contribution in [2.75, 3.05) is 0 Å². The van der Waals surface area contributed by atoms with Gasteiger partial charge in [0.2, 0.25) is 0 Å². The first kappa shape index (κ1) is 14.4. The first-order valence-electron chi connectivity index (χ1n) is 4.10.